The van der Waals surface area contributed by atoms with Gasteiger partial charge in [-0.25, -0.2) is 13.8 Å². The third-order valence-corrected chi connectivity index (χ3v) is 8.18. The van der Waals surface area contributed by atoms with E-state index in [0.717, 1.165) is 51.7 Å². The predicted octanol–water partition coefficient (Wildman–Crippen LogP) is 2.78. The Bertz CT molecular complexity index is 748. The average molecular weight is 425 g/mol. The molecule has 0 bridgehead atoms. The molecule has 1 aliphatic carbocycles. The third kappa shape index (κ3) is 5.42. The lowest BCUT2D eigenvalue weighted by molar-refractivity contribution is 0.216. The fraction of sp³-hybridized carbons (Fsp3) is 0.864. The summed E-state index contributed by atoms with van der Waals surface area (Å²) in [5.74, 6) is 2.07. The summed E-state index contributed by atoms with van der Waals surface area (Å²) in [5.41, 5.74) is 5.68. The largest absolute Gasteiger partial charge is 0.314 e. The van der Waals surface area contributed by atoms with E-state index in [2.05, 4.69) is 54.7 Å². The Labute approximate surface area is 177 Å². The van der Waals surface area contributed by atoms with E-state index >= 15 is 0 Å². The Balaban J connectivity index is 1.63. The van der Waals surface area contributed by atoms with Gasteiger partial charge in [0.05, 0.1) is 11.3 Å². The highest BCUT2D eigenvalue weighted by Crippen LogP contribution is 2.40. The van der Waals surface area contributed by atoms with Crippen LogP contribution in [0.1, 0.15) is 59.8 Å². The topological polar surface area (TPSA) is 73.8 Å². The number of hydrogen-bond acceptors (Lipinski definition) is 6. The van der Waals surface area contributed by atoms with Gasteiger partial charge >= 0.3 is 0 Å². The summed E-state index contributed by atoms with van der Waals surface area (Å²) in [5, 5.41) is 5.99. The van der Waals surface area contributed by atoms with Crippen LogP contribution in [0.3, 0.4) is 0 Å². The van der Waals surface area contributed by atoms with Crippen molar-refractivity contribution < 1.29 is 8.42 Å². The fourth-order valence-electron chi connectivity index (χ4n) is 5.31. The quantitative estimate of drug-likeness (QED) is 0.627. The molecule has 2 heterocycles. The van der Waals surface area contributed by atoms with Crippen LogP contribution in [0, 0.1) is 17.8 Å². The zero-order valence-electron chi connectivity index (χ0n) is 18.9. The molecule has 2 N–H and O–H groups in total. The van der Waals surface area contributed by atoms with Crippen LogP contribution < -0.4 is 10.7 Å². The van der Waals surface area contributed by atoms with Gasteiger partial charge in [0.15, 0.2) is 0 Å². The number of nitrogens with zero attached hydrogens (tertiary/aromatic N) is 2. The molecule has 0 aromatic heterocycles. The van der Waals surface area contributed by atoms with E-state index in [9.17, 15) is 8.42 Å². The Morgan fingerprint density at radius 3 is 2.83 bits per heavy atom. The molecule has 3 rings (SSSR count). The molecule has 5 unspecified atom stereocenters. The summed E-state index contributed by atoms with van der Waals surface area (Å²) in [6, 6.07) is 0.421. The molecule has 0 radical (unpaired) electrons. The molecule has 0 amide bonds. The standard InChI is InChI=1S/C22H40N4O2S/c1-6-11-26-21-8-7-19(12-20(21)22(4,25-26)15-29(5,27)28)24-10-9-18-14-23-13-16(2)17(18)3/h14,16-19,24-25H,6-13,15H2,1-5H3. The van der Waals surface area contributed by atoms with Crippen LogP contribution in [0.5, 0.6) is 0 Å². The van der Waals surface area contributed by atoms with Crippen LogP contribution >= 0.6 is 0 Å². The van der Waals surface area contributed by atoms with E-state index in [4.69, 9.17) is 0 Å². The first kappa shape index (κ1) is 22.8. The smallest absolute Gasteiger partial charge is 0.149 e. The summed E-state index contributed by atoms with van der Waals surface area (Å²) in [4.78, 5) is 4.55. The molecular formula is C22H40N4O2S. The molecule has 3 aliphatic rings. The van der Waals surface area contributed by atoms with Crippen LogP contribution in [0.25, 0.3) is 0 Å². The molecule has 29 heavy (non-hydrogen) atoms. The highest BCUT2D eigenvalue weighted by Gasteiger charge is 2.44. The van der Waals surface area contributed by atoms with Crippen molar-refractivity contribution in [1.29, 1.82) is 0 Å². The first-order chi connectivity index (χ1) is 13.6. The van der Waals surface area contributed by atoms with Crippen molar-refractivity contribution in [2.24, 2.45) is 22.7 Å². The van der Waals surface area contributed by atoms with Gasteiger partial charge < -0.3 is 10.3 Å². The number of allylic oxidation sites excluding steroid dienone is 1. The summed E-state index contributed by atoms with van der Waals surface area (Å²) < 4.78 is 24.2. The molecule has 0 saturated carbocycles. The molecule has 0 aromatic rings. The van der Waals surface area contributed by atoms with Crippen LogP contribution in [-0.2, 0) is 9.84 Å². The second-order valence-corrected chi connectivity index (χ2v) is 11.9. The molecule has 2 aliphatic heterocycles. The van der Waals surface area contributed by atoms with Crippen molar-refractivity contribution in [2.45, 2.75) is 71.4 Å². The number of rotatable bonds is 8. The Morgan fingerprint density at radius 2 is 2.14 bits per heavy atom. The van der Waals surface area contributed by atoms with Crippen molar-refractivity contribution in [3.05, 3.63) is 11.3 Å². The SMILES string of the molecule is CCCN1NC(C)(CS(C)(=O)=O)C2=C1CCC(NCCC1C=NCC(C)C1C)C2. The number of aliphatic imine (C=N–C) groups is 1. The maximum Gasteiger partial charge on any atom is 0.149 e. The monoisotopic (exact) mass is 424 g/mol. The lowest BCUT2D eigenvalue weighted by atomic mass is 9.80. The molecule has 7 heteroatoms. The second-order valence-electron chi connectivity index (χ2n) is 9.79. The minimum Gasteiger partial charge on any atom is -0.314 e. The van der Waals surface area contributed by atoms with Gasteiger partial charge in [-0.2, -0.15) is 0 Å². The molecule has 166 valence electrons. The second kappa shape index (κ2) is 9.06. The number of sulfone groups is 1. The molecule has 6 nitrogen and oxygen atoms in total. The van der Waals surface area contributed by atoms with E-state index in [1.165, 1.54) is 17.5 Å². The number of hydrazine groups is 1. The molecule has 5 atom stereocenters. The first-order valence-corrected chi connectivity index (χ1v) is 13.4. The van der Waals surface area contributed by atoms with Crippen molar-refractivity contribution in [3.8, 4) is 0 Å². The van der Waals surface area contributed by atoms with Crippen LogP contribution in [0.15, 0.2) is 16.3 Å². The van der Waals surface area contributed by atoms with Crippen molar-refractivity contribution in [3.63, 3.8) is 0 Å². The van der Waals surface area contributed by atoms with Crippen LogP contribution in [0.2, 0.25) is 0 Å². The van der Waals surface area contributed by atoms with E-state index < -0.39 is 15.4 Å². The summed E-state index contributed by atoms with van der Waals surface area (Å²) in [6.45, 7) is 11.8. The van der Waals surface area contributed by atoms with Gasteiger partial charge in [-0.3, -0.25) is 4.99 Å². The van der Waals surface area contributed by atoms with Gasteiger partial charge in [0, 0.05) is 37.3 Å². The van der Waals surface area contributed by atoms with Gasteiger partial charge in [0.1, 0.15) is 9.84 Å². The summed E-state index contributed by atoms with van der Waals surface area (Å²) in [6.07, 6.45) is 8.73. The predicted molar refractivity (Wildman–Crippen MR) is 121 cm³/mol. The zero-order chi connectivity index (χ0) is 21.2. The van der Waals surface area contributed by atoms with Crippen LogP contribution in [0.4, 0.5) is 0 Å². The van der Waals surface area contributed by atoms with E-state index in [0.29, 0.717) is 23.8 Å². The van der Waals surface area contributed by atoms with Crippen molar-refractivity contribution >= 4 is 16.1 Å². The Kier molecular flexibility index (Phi) is 7.11. The minimum absolute atomic E-state index is 0.152. The van der Waals surface area contributed by atoms with E-state index in [-0.39, 0.29) is 5.75 Å². The van der Waals surface area contributed by atoms with Crippen molar-refractivity contribution in [1.82, 2.24) is 15.8 Å². The maximum absolute atomic E-state index is 12.1. The van der Waals surface area contributed by atoms with E-state index in [1.54, 1.807) is 0 Å². The van der Waals surface area contributed by atoms with Gasteiger partial charge in [-0.05, 0) is 68.9 Å². The average Bonchev–Trinajstić information content (AvgIpc) is 2.89. The fourth-order valence-corrected chi connectivity index (χ4v) is 6.60. The zero-order valence-corrected chi connectivity index (χ0v) is 19.7. The Morgan fingerprint density at radius 1 is 1.38 bits per heavy atom. The summed E-state index contributed by atoms with van der Waals surface area (Å²) in [7, 11) is -3.07. The highest BCUT2D eigenvalue weighted by molar-refractivity contribution is 7.90. The lowest BCUT2D eigenvalue weighted by Gasteiger charge is -2.32. The molecular weight excluding hydrogens is 384 g/mol. The summed E-state index contributed by atoms with van der Waals surface area (Å²) >= 11 is 0. The number of nitrogens with one attached hydrogen (secondary N) is 2. The van der Waals surface area contributed by atoms with Gasteiger partial charge in [-0.15, -0.1) is 0 Å². The maximum atomic E-state index is 12.1. The molecule has 0 fully saturated rings. The molecule has 0 saturated heterocycles. The lowest BCUT2D eigenvalue weighted by Crippen LogP contribution is -2.51. The van der Waals surface area contributed by atoms with Gasteiger partial charge in [-0.1, -0.05) is 20.8 Å². The molecule has 0 spiro atoms. The minimum atomic E-state index is -3.07. The number of hydrogen-bond donors (Lipinski definition) is 2. The molecule has 0 aromatic carbocycles. The third-order valence-electron chi connectivity index (χ3n) is 7.07. The highest BCUT2D eigenvalue weighted by atomic mass is 32.2. The van der Waals surface area contributed by atoms with E-state index in [1.807, 2.05) is 0 Å². The van der Waals surface area contributed by atoms with Gasteiger partial charge in [0.2, 0.25) is 0 Å². The normalized spacial score (nSPS) is 35.3. The first-order valence-electron chi connectivity index (χ1n) is 11.3. The van der Waals surface area contributed by atoms with Crippen molar-refractivity contribution in [2.75, 3.05) is 31.6 Å². The van der Waals surface area contributed by atoms with Crippen LogP contribution in [-0.4, -0.2) is 62.9 Å². The van der Waals surface area contributed by atoms with Gasteiger partial charge in [0.25, 0.3) is 0 Å². The Hall–Kier alpha value is -0.920.